The van der Waals surface area contributed by atoms with Gasteiger partial charge in [0.1, 0.15) is 6.04 Å². The van der Waals surface area contributed by atoms with E-state index in [-0.39, 0.29) is 17.9 Å². The van der Waals surface area contributed by atoms with E-state index < -0.39 is 0 Å². The van der Waals surface area contributed by atoms with Crippen molar-refractivity contribution in [2.24, 2.45) is 0 Å². The van der Waals surface area contributed by atoms with Crippen molar-refractivity contribution >= 4 is 11.6 Å². The van der Waals surface area contributed by atoms with Crippen molar-refractivity contribution in [1.82, 2.24) is 10.2 Å². The number of aryl methyl sites for hydroxylation is 1. The molecular weight excluding hydrogens is 310 g/mol. The molecule has 4 heteroatoms. The van der Waals surface area contributed by atoms with Crippen LogP contribution in [0.15, 0.2) is 48.5 Å². The number of carbonyl (C=O) groups excluding carboxylic acids is 1. The summed E-state index contributed by atoms with van der Waals surface area (Å²) in [6.45, 7) is 3.63. The van der Waals surface area contributed by atoms with E-state index in [1.165, 1.54) is 16.7 Å². The van der Waals surface area contributed by atoms with Crippen molar-refractivity contribution in [2.45, 2.75) is 25.3 Å². The van der Waals surface area contributed by atoms with Crippen LogP contribution >= 0.6 is 0 Å². The van der Waals surface area contributed by atoms with Gasteiger partial charge in [-0.05, 0) is 37.7 Å². The average Bonchev–Trinajstić information content (AvgIpc) is 3.04. The lowest BCUT2D eigenvalue weighted by Gasteiger charge is -2.23. The highest BCUT2D eigenvalue weighted by atomic mass is 16.2. The highest BCUT2D eigenvalue weighted by molar-refractivity contribution is 5.87. The van der Waals surface area contributed by atoms with E-state index in [4.69, 9.17) is 0 Å². The number of amides is 1. The molecule has 0 spiro atoms. The Bertz CT molecular complexity index is 727. The number of fused-ring (bicyclic) bond motifs is 1. The second-order valence-electron chi connectivity index (χ2n) is 7.13. The van der Waals surface area contributed by atoms with Crippen LogP contribution in [0.5, 0.6) is 0 Å². The Labute approximate surface area is 150 Å². The molecule has 2 N–H and O–H groups in total. The smallest absolute Gasteiger partial charge is 0.242 e. The molecule has 0 aromatic heterocycles. The van der Waals surface area contributed by atoms with Gasteiger partial charge in [0.25, 0.3) is 0 Å². The third kappa shape index (κ3) is 4.20. The molecule has 4 nitrogen and oxygen atoms in total. The predicted octanol–water partition coefficient (Wildman–Crippen LogP) is 2.79. The van der Waals surface area contributed by atoms with Crippen LogP contribution in [0.4, 0.5) is 5.69 Å². The summed E-state index contributed by atoms with van der Waals surface area (Å²) in [5.74, 6) is 0.362. The number of rotatable bonds is 6. The lowest BCUT2D eigenvalue weighted by Crippen LogP contribution is -2.41. The lowest BCUT2D eigenvalue weighted by molar-refractivity contribution is -0.121. The number of hydrogen-bond acceptors (Lipinski definition) is 3. The molecule has 0 radical (unpaired) electrons. The van der Waals surface area contributed by atoms with E-state index in [1.807, 2.05) is 6.07 Å². The molecule has 2 aromatic rings. The fraction of sp³-hybridized carbons (Fsp3) is 0.381. The van der Waals surface area contributed by atoms with Crippen LogP contribution in [0.1, 0.15) is 22.6 Å². The van der Waals surface area contributed by atoms with Crippen molar-refractivity contribution in [3.63, 3.8) is 0 Å². The van der Waals surface area contributed by atoms with E-state index in [2.05, 4.69) is 79.0 Å². The monoisotopic (exact) mass is 337 g/mol. The first-order valence-corrected chi connectivity index (χ1v) is 8.87. The maximum Gasteiger partial charge on any atom is 0.242 e. The summed E-state index contributed by atoms with van der Waals surface area (Å²) in [7, 11) is 4.13. The number of carbonyl (C=O) groups is 1. The zero-order valence-corrected chi connectivity index (χ0v) is 15.3. The molecule has 1 aliphatic rings. The standard InChI is InChI=1S/C21H27N3O/c1-15-8-7-11-17-12-19(23-20(15)17)21(25)22-13-18(14-24(2)3)16-9-5-4-6-10-16/h4-11,18-19,23H,12-14H2,1-3H3,(H,22,25). The summed E-state index contributed by atoms with van der Waals surface area (Å²) in [5.41, 5.74) is 4.81. The van der Waals surface area contributed by atoms with E-state index in [9.17, 15) is 4.79 Å². The van der Waals surface area contributed by atoms with Gasteiger partial charge in [-0.1, -0.05) is 48.5 Å². The molecular formula is C21H27N3O. The topological polar surface area (TPSA) is 44.4 Å². The van der Waals surface area contributed by atoms with Crippen LogP contribution in [0.2, 0.25) is 0 Å². The molecule has 0 aliphatic carbocycles. The maximum atomic E-state index is 12.7. The van der Waals surface area contributed by atoms with Gasteiger partial charge in [0.05, 0.1) is 0 Å². The first-order valence-electron chi connectivity index (χ1n) is 8.87. The second kappa shape index (κ2) is 7.70. The molecule has 3 rings (SSSR count). The molecule has 0 saturated carbocycles. The zero-order valence-electron chi connectivity index (χ0n) is 15.3. The molecule has 0 saturated heterocycles. The summed E-state index contributed by atoms with van der Waals surface area (Å²) < 4.78 is 0. The van der Waals surface area contributed by atoms with Crippen LogP contribution in [-0.4, -0.2) is 44.0 Å². The van der Waals surface area contributed by atoms with Gasteiger partial charge in [0.2, 0.25) is 5.91 Å². The van der Waals surface area contributed by atoms with E-state index in [0.717, 1.165) is 18.7 Å². The number of anilines is 1. The first-order chi connectivity index (χ1) is 12.0. The van der Waals surface area contributed by atoms with Gasteiger partial charge < -0.3 is 15.5 Å². The Kier molecular flexibility index (Phi) is 5.39. The summed E-state index contributed by atoms with van der Waals surface area (Å²) in [5, 5.41) is 6.54. The summed E-state index contributed by atoms with van der Waals surface area (Å²) >= 11 is 0. The SMILES string of the molecule is Cc1cccc2c1NC(C(=O)NCC(CN(C)C)c1ccccc1)C2. The summed E-state index contributed by atoms with van der Waals surface area (Å²) in [6, 6.07) is 16.5. The maximum absolute atomic E-state index is 12.7. The Morgan fingerprint density at radius 3 is 2.64 bits per heavy atom. The number of benzene rings is 2. The molecule has 2 aromatic carbocycles. The molecule has 132 valence electrons. The Hall–Kier alpha value is -2.33. The molecule has 2 unspecified atom stereocenters. The summed E-state index contributed by atoms with van der Waals surface area (Å²) in [6.07, 6.45) is 0.756. The Balaban J connectivity index is 1.62. The normalized spacial score (nSPS) is 17.0. The number of nitrogens with zero attached hydrogens (tertiary/aromatic N) is 1. The fourth-order valence-electron chi connectivity index (χ4n) is 3.51. The number of hydrogen-bond donors (Lipinski definition) is 2. The van der Waals surface area contributed by atoms with E-state index >= 15 is 0 Å². The number of likely N-dealkylation sites (N-methyl/N-ethyl adjacent to an activating group) is 1. The fourth-order valence-corrected chi connectivity index (χ4v) is 3.51. The van der Waals surface area contributed by atoms with Crippen LogP contribution in [-0.2, 0) is 11.2 Å². The molecule has 2 atom stereocenters. The van der Waals surface area contributed by atoms with Crippen molar-refractivity contribution in [1.29, 1.82) is 0 Å². The largest absolute Gasteiger partial charge is 0.373 e. The molecule has 1 aliphatic heterocycles. The van der Waals surface area contributed by atoms with Gasteiger partial charge >= 0.3 is 0 Å². The van der Waals surface area contributed by atoms with Crippen molar-refractivity contribution in [2.75, 3.05) is 32.5 Å². The molecule has 0 fully saturated rings. The Morgan fingerprint density at radius 2 is 1.96 bits per heavy atom. The first kappa shape index (κ1) is 17.5. The van der Waals surface area contributed by atoms with Crippen molar-refractivity contribution in [3.8, 4) is 0 Å². The third-order valence-corrected chi connectivity index (χ3v) is 4.80. The lowest BCUT2D eigenvalue weighted by atomic mass is 9.98. The van der Waals surface area contributed by atoms with Gasteiger partial charge in [-0.25, -0.2) is 0 Å². The number of para-hydroxylation sites is 1. The van der Waals surface area contributed by atoms with Crippen LogP contribution in [0, 0.1) is 6.92 Å². The minimum Gasteiger partial charge on any atom is -0.373 e. The Morgan fingerprint density at radius 1 is 1.20 bits per heavy atom. The van der Waals surface area contributed by atoms with E-state index in [1.54, 1.807) is 0 Å². The minimum absolute atomic E-state index is 0.0790. The molecule has 1 heterocycles. The number of nitrogens with one attached hydrogen (secondary N) is 2. The van der Waals surface area contributed by atoms with Crippen molar-refractivity contribution < 1.29 is 4.79 Å². The quantitative estimate of drug-likeness (QED) is 0.852. The van der Waals surface area contributed by atoms with E-state index in [0.29, 0.717) is 6.54 Å². The highest BCUT2D eigenvalue weighted by Crippen LogP contribution is 2.29. The van der Waals surface area contributed by atoms with Gasteiger partial charge in [0, 0.05) is 31.1 Å². The highest BCUT2D eigenvalue weighted by Gasteiger charge is 2.27. The van der Waals surface area contributed by atoms with Crippen LogP contribution in [0.3, 0.4) is 0 Å². The second-order valence-corrected chi connectivity index (χ2v) is 7.13. The van der Waals surface area contributed by atoms with Gasteiger partial charge in [-0.3, -0.25) is 4.79 Å². The molecule has 0 bridgehead atoms. The van der Waals surface area contributed by atoms with Crippen molar-refractivity contribution in [3.05, 3.63) is 65.2 Å². The van der Waals surface area contributed by atoms with Crippen LogP contribution in [0.25, 0.3) is 0 Å². The zero-order chi connectivity index (χ0) is 17.8. The average molecular weight is 337 g/mol. The summed E-state index contributed by atoms with van der Waals surface area (Å²) in [4.78, 5) is 14.8. The predicted molar refractivity (Wildman–Crippen MR) is 103 cm³/mol. The van der Waals surface area contributed by atoms with Gasteiger partial charge in [-0.15, -0.1) is 0 Å². The molecule has 1 amide bonds. The van der Waals surface area contributed by atoms with Gasteiger partial charge in [-0.2, -0.15) is 0 Å². The minimum atomic E-state index is -0.174. The van der Waals surface area contributed by atoms with Gasteiger partial charge in [0.15, 0.2) is 0 Å². The molecule has 25 heavy (non-hydrogen) atoms. The third-order valence-electron chi connectivity index (χ3n) is 4.80. The van der Waals surface area contributed by atoms with Crippen LogP contribution < -0.4 is 10.6 Å².